The highest BCUT2D eigenvalue weighted by Gasteiger charge is 2.56. The third-order valence-corrected chi connectivity index (χ3v) is 7.60. The predicted octanol–water partition coefficient (Wildman–Crippen LogP) is 1.63. The van der Waals surface area contributed by atoms with Gasteiger partial charge in [0.1, 0.15) is 25.2 Å². The number of hydrogen-bond acceptors (Lipinski definition) is 8. The second kappa shape index (κ2) is 8.83. The first kappa shape index (κ1) is 23.1. The number of nitriles is 1. The van der Waals surface area contributed by atoms with Crippen LogP contribution in [0.1, 0.15) is 32.6 Å². The summed E-state index contributed by atoms with van der Waals surface area (Å²) < 4.78 is 6.72. The molecular formula is C24H29N7O4. The van der Waals surface area contributed by atoms with Gasteiger partial charge in [0.15, 0.2) is 5.65 Å². The SMILES string of the molecule is C[C@@H]1CN(C(=O)CC#N)[C@@]12CCN(c1ncnc3c1ccn3C(=O)N(C)CCOC(=O)C1CC1)C2. The molecule has 0 radical (unpaired) electrons. The van der Waals surface area contributed by atoms with Crippen LogP contribution in [0, 0.1) is 23.2 Å². The first-order chi connectivity index (χ1) is 16.9. The van der Waals surface area contributed by atoms with Crippen LogP contribution >= 0.6 is 0 Å². The highest BCUT2D eigenvalue weighted by molar-refractivity contribution is 5.95. The summed E-state index contributed by atoms with van der Waals surface area (Å²) in [6.45, 7) is 4.60. The Kier molecular flexibility index (Phi) is 5.83. The summed E-state index contributed by atoms with van der Waals surface area (Å²) in [6, 6.07) is 3.52. The van der Waals surface area contributed by atoms with Crippen molar-refractivity contribution in [3.63, 3.8) is 0 Å². The zero-order chi connectivity index (χ0) is 24.7. The quantitative estimate of drug-likeness (QED) is 0.573. The number of carbonyl (C=O) groups is 3. The molecule has 5 rings (SSSR count). The van der Waals surface area contributed by atoms with Crippen molar-refractivity contribution in [1.29, 1.82) is 5.26 Å². The average molecular weight is 480 g/mol. The molecule has 1 aliphatic carbocycles. The van der Waals surface area contributed by atoms with Crippen molar-refractivity contribution in [1.82, 2.24) is 24.3 Å². The summed E-state index contributed by atoms with van der Waals surface area (Å²) in [5.41, 5.74) is 0.212. The molecule has 11 nitrogen and oxygen atoms in total. The Hall–Kier alpha value is -3.68. The normalized spacial score (nSPS) is 23.3. The summed E-state index contributed by atoms with van der Waals surface area (Å²) in [4.78, 5) is 51.6. The lowest BCUT2D eigenvalue weighted by atomic mass is 9.74. The molecule has 1 saturated carbocycles. The number of ether oxygens (including phenoxy) is 1. The molecule has 0 bridgehead atoms. The molecule has 4 heterocycles. The van der Waals surface area contributed by atoms with E-state index >= 15 is 0 Å². The Labute approximate surface area is 203 Å². The highest BCUT2D eigenvalue weighted by Crippen LogP contribution is 2.45. The molecule has 3 aliphatic rings. The lowest BCUT2D eigenvalue weighted by Gasteiger charge is -2.55. The van der Waals surface area contributed by atoms with Gasteiger partial charge in [-0.15, -0.1) is 0 Å². The molecule has 2 atom stereocenters. The lowest BCUT2D eigenvalue weighted by molar-refractivity contribution is -0.152. The number of anilines is 1. The molecule has 0 unspecified atom stereocenters. The van der Waals surface area contributed by atoms with Crippen LogP contribution in [0.3, 0.4) is 0 Å². The van der Waals surface area contributed by atoms with E-state index in [0.29, 0.717) is 24.7 Å². The number of aromatic nitrogens is 3. The van der Waals surface area contributed by atoms with Crippen LogP contribution in [-0.4, -0.2) is 87.6 Å². The molecule has 0 N–H and O–H groups in total. The highest BCUT2D eigenvalue weighted by atomic mass is 16.5. The lowest BCUT2D eigenvalue weighted by Crippen LogP contribution is -2.69. The monoisotopic (exact) mass is 479 g/mol. The zero-order valence-corrected chi connectivity index (χ0v) is 20.0. The third kappa shape index (κ3) is 3.96. The number of nitrogens with zero attached hydrogens (tertiary/aromatic N) is 7. The fourth-order valence-corrected chi connectivity index (χ4v) is 5.26. The second-order valence-corrected chi connectivity index (χ2v) is 9.78. The van der Waals surface area contributed by atoms with E-state index in [2.05, 4.69) is 21.8 Å². The van der Waals surface area contributed by atoms with Crippen molar-refractivity contribution in [2.24, 2.45) is 11.8 Å². The fourth-order valence-electron chi connectivity index (χ4n) is 5.26. The summed E-state index contributed by atoms with van der Waals surface area (Å²) in [6.07, 6.45) is 5.60. The number of amides is 2. The first-order valence-electron chi connectivity index (χ1n) is 12.0. The maximum absolute atomic E-state index is 13.1. The van der Waals surface area contributed by atoms with Crippen molar-refractivity contribution in [3.05, 3.63) is 18.6 Å². The van der Waals surface area contributed by atoms with Crippen LogP contribution < -0.4 is 4.90 Å². The Balaban J connectivity index is 1.30. The number of hydrogen-bond donors (Lipinski definition) is 0. The van der Waals surface area contributed by atoms with Gasteiger partial charge < -0.3 is 19.4 Å². The Morgan fingerprint density at radius 3 is 2.83 bits per heavy atom. The second-order valence-electron chi connectivity index (χ2n) is 9.78. The van der Waals surface area contributed by atoms with Crippen LogP contribution in [0.5, 0.6) is 0 Å². The predicted molar refractivity (Wildman–Crippen MR) is 125 cm³/mol. The van der Waals surface area contributed by atoms with E-state index in [1.54, 1.807) is 13.2 Å². The molecule has 11 heteroatoms. The maximum Gasteiger partial charge on any atom is 0.329 e. The van der Waals surface area contributed by atoms with Gasteiger partial charge in [0.25, 0.3) is 0 Å². The Morgan fingerprint density at radius 1 is 1.31 bits per heavy atom. The van der Waals surface area contributed by atoms with E-state index < -0.39 is 0 Å². The minimum absolute atomic E-state index is 0.0312. The molecule has 35 heavy (non-hydrogen) atoms. The smallest absolute Gasteiger partial charge is 0.329 e. The van der Waals surface area contributed by atoms with Gasteiger partial charge >= 0.3 is 12.0 Å². The summed E-state index contributed by atoms with van der Waals surface area (Å²) in [5, 5.41) is 9.71. The van der Waals surface area contributed by atoms with Gasteiger partial charge in [-0.05, 0) is 31.2 Å². The van der Waals surface area contributed by atoms with E-state index in [0.717, 1.165) is 37.0 Å². The molecule has 2 aromatic heterocycles. The van der Waals surface area contributed by atoms with Crippen LogP contribution in [0.4, 0.5) is 10.6 Å². The van der Waals surface area contributed by atoms with Gasteiger partial charge in [-0.25, -0.2) is 14.8 Å². The molecule has 2 amide bonds. The zero-order valence-electron chi connectivity index (χ0n) is 20.0. The molecule has 2 saturated heterocycles. The van der Waals surface area contributed by atoms with E-state index in [4.69, 9.17) is 10.00 Å². The minimum Gasteiger partial charge on any atom is -0.464 e. The molecule has 2 aromatic rings. The summed E-state index contributed by atoms with van der Waals surface area (Å²) in [5.74, 6) is 0.783. The van der Waals surface area contributed by atoms with Crippen LogP contribution in [-0.2, 0) is 14.3 Å². The summed E-state index contributed by atoms with van der Waals surface area (Å²) in [7, 11) is 1.66. The number of likely N-dealkylation sites (tertiary alicyclic amines) is 1. The van der Waals surface area contributed by atoms with Crippen LogP contribution in [0.25, 0.3) is 11.0 Å². The van der Waals surface area contributed by atoms with Gasteiger partial charge in [0.2, 0.25) is 5.91 Å². The molecule has 0 aromatic carbocycles. The number of rotatable bonds is 6. The third-order valence-electron chi connectivity index (χ3n) is 7.60. The fraction of sp³-hybridized carbons (Fsp3) is 0.583. The van der Waals surface area contributed by atoms with Gasteiger partial charge in [-0.3, -0.25) is 14.2 Å². The standard InChI is InChI=1S/C24H29N7O4/c1-16-13-31(19(32)5-8-25)24(16)7-10-29(14-24)20-18-6-9-30(21(18)27-15-26-20)23(34)28(2)11-12-35-22(33)17-3-4-17/h6,9,15-17H,3-5,7,10-14H2,1-2H3/t16-,24-/m1/s1. The van der Waals surface area contributed by atoms with Crippen LogP contribution in [0.2, 0.25) is 0 Å². The topological polar surface area (TPSA) is 125 Å². The van der Waals surface area contributed by atoms with Gasteiger partial charge in [0.05, 0.1) is 29.5 Å². The average Bonchev–Trinajstić information content (AvgIpc) is 3.44. The van der Waals surface area contributed by atoms with Crippen molar-refractivity contribution in [3.8, 4) is 6.07 Å². The number of carbonyl (C=O) groups excluding carboxylic acids is 3. The molecule has 184 valence electrons. The molecule has 2 aliphatic heterocycles. The largest absolute Gasteiger partial charge is 0.464 e. The Morgan fingerprint density at radius 2 is 2.11 bits per heavy atom. The molecule has 3 fully saturated rings. The number of esters is 1. The molecular weight excluding hydrogens is 450 g/mol. The first-order valence-corrected chi connectivity index (χ1v) is 12.0. The molecule has 1 spiro atoms. The van der Waals surface area contributed by atoms with Crippen molar-refractivity contribution in [2.45, 2.75) is 38.1 Å². The van der Waals surface area contributed by atoms with Crippen molar-refractivity contribution >= 4 is 34.8 Å². The Bertz CT molecular complexity index is 1220. The van der Waals surface area contributed by atoms with E-state index in [1.165, 1.54) is 15.8 Å². The summed E-state index contributed by atoms with van der Waals surface area (Å²) >= 11 is 0. The number of likely N-dealkylation sites (N-methyl/N-ethyl adjacent to an activating group) is 1. The van der Waals surface area contributed by atoms with Crippen molar-refractivity contribution in [2.75, 3.05) is 44.7 Å². The van der Waals surface area contributed by atoms with E-state index in [9.17, 15) is 14.4 Å². The van der Waals surface area contributed by atoms with E-state index in [-0.39, 0.29) is 48.9 Å². The van der Waals surface area contributed by atoms with Gasteiger partial charge in [0, 0.05) is 32.9 Å². The van der Waals surface area contributed by atoms with Gasteiger partial charge in [-0.1, -0.05) is 6.92 Å². The van der Waals surface area contributed by atoms with Crippen molar-refractivity contribution < 1.29 is 19.1 Å². The van der Waals surface area contributed by atoms with Gasteiger partial charge in [-0.2, -0.15) is 5.26 Å². The van der Waals surface area contributed by atoms with E-state index in [1.807, 2.05) is 17.0 Å². The van der Waals surface area contributed by atoms with Crippen LogP contribution in [0.15, 0.2) is 18.6 Å². The number of fused-ring (bicyclic) bond motifs is 1. The maximum atomic E-state index is 13.1. The minimum atomic E-state index is -0.290.